The second kappa shape index (κ2) is 6.45. The van der Waals surface area contributed by atoms with Gasteiger partial charge in [0.05, 0.1) is 6.21 Å². The van der Waals surface area contributed by atoms with Gasteiger partial charge in [0, 0.05) is 11.1 Å². The number of benzene rings is 3. The number of hydrogen-bond donors (Lipinski definition) is 1. The molecule has 0 aliphatic carbocycles. The second-order valence-electron chi connectivity index (χ2n) is 5.85. The molecule has 3 aromatic carbocycles. The number of aryl methyl sites for hydroxylation is 1. The van der Waals surface area contributed by atoms with Gasteiger partial charge < -0.3 is 0 Å². The highest BCUT2D eigenvalue weighted by Gasteiger charge is 2.08. The molecule has 0 spiro atoms. The highest BCUT2D eigenvalue weighted by atomic mass is 32.1. The number of aromatic amines is 1. The van der Waals surface area contributed by atoms with Gasteiger partial charge in [-0.3, -0.25) is 0 Å². The van der Waals surface area contributed by atoms with Gasteiger partial charge >= 0.3 is 0 Å². The first-order valence-corrected chi connectivity index (χ1v) is 8.40. The van der Waals surface area contributed by atoms with Crippen molar-refractivity contribution < 1.29 is 0 Å². The van der Waals surface area contributed by atoms with Crippen molar-refractivity contribution in [1.29, 1.82) is 0 Å². The summed E-state index contributed by atoms with van der Waals surface area (Å²) in [6, 6.07) is 22.5. The summed E-state index contributed by atoms with van der Waals surface area (Å²) in [5.41, 5.74) is 3.18. The molecule has 0 amide bonds. The SMILES string of the molecule is Cc1cccc(-c2n[nH]c(=S)n2/N=C\c2cccc3ccccc23)c1. The Hall–Kier alpha value is -3.05. The zero-order valence-electron chi connectivity index (χ0n) is 13.7. The molecule has 0 aliphatic rings. The first-order chi connectivity index (χ1) is 12.2. The molecule has 1 aromatic heterocycles. The standard InChI is InChI=1S/C20H16N4S/c1-14-6-4-9-16(12-14)19-22-23-20(25)24(19)21-13-17-10-5-8-15-7-2-3-11-18(15)17/h2-13H,1H3,(H,23,25)/b21-13-. The fraction of sp³-hybridized carbons (Fsp3) is 0.0500. The Morgan fingerprint density at radius 1 is 1.04 bits per heavy atom. The first kappa shape index (κ1) is 15.5. The fourth-order valence-electron chi connectivity index (χ4n) is 2.85. The molecule has 0 saturated heterocycles. The topological polar surface area (TPSA) is 46.0 Å². The van der Waals surface area contributed by atoms with Gasteiger partial charge in [0.2, 0.25) is 4.77 Å². The lowest BCUT2D eigenvalue weighted by Gasteiger charge is -2.03. The first-order valence-electron chi connectivity index (χ1n) is 7.99. The Morgan fingerprint density at radius 3 is 2.72 bits per heavy atom. The van der Waals surface area contributed by atoms with Gasteiger partial charge in [-0.2, -0.15) is 14.9 Å². The van der Waals surface area contributed by atoms with Gasteiger partial charge in [0.1, 0.15) is 0 Å². The molecule has 4 nitrogen and oxygen atoms in total. The highest BCUT2D eigenvalue weighted by molar-refractivity contribution is 7.71. The van der Waals surface area contributed by atoms with E-state index < -0.39 is 0 Å². The summed E-state index contributed by atoms with van der Waals surface area (Å²) in [4.78, 5) is 0. The van der Waals surface area contributed by atoms with Crippen LogP contribution in [-0.4, -0.2) is 21.1 Å². The van der Waals surface area contributed by atoms with E-state index >= 15 is 0 Å². The van der Waals surface area contributed by atoms with E-state index in [1.165, 1.54) is 5.39 Å². The lowest BCUT2D eigenvalue weighted by atomic mass is 10.1. The summed E-state index contributed by atoms with van der Waals surface area (Å²) >= 11 is 5.35. The van der Waals surface area contributed by atoms with Crippen LogP contribution in [0.2, 0.25) is 0 Å². The van der Waals surface area contributed by atoms with Crippen LogP contribution in [0.15, 0.2) is 71.8 Å². The summed E-state index contributed by atoms with van der Waals surface area (Å²) in [7, 11) is 0. The highest BCUT2D eigenvalue weighted by Crippen LogP contribution is 2.20. The van der Waals surface area contributed by atoms with Gasteiger partial charge in [0.15, 0.2) is 5.82 Å². The molecule has 0 saturated carbocycles. The van der Waals surface area contributed by atoms with Crippen LogP contribution < -0.4 is 0 Å². The van der Waals surface area contributed by atoms with Crippen molar-refractivity contribution in [3.8, 4) is 11.4 Å². The smallest absolute Gasteiger partial charge is 0.216 e. The van der Waals surface area contributed by atoms with E-state index in [0.717, 1.165) is 22.1 Å². The van der Waals surface area contributed by atoms with Gasteiger partial charge in [-0.05, 0) is 36.0 Å². The summed E-state index contributed by atoms with van der Waals surface area (Å²) < 4.78 is 2.12. The lowest BCUT2D eigenvalue weighted by Crippen LogP contribution is -1.95. The van der Waals surface area contributed by atoms with Crippen molar-refractivity contribution in [2.75, 3.05) is 0 Å². The Balaban J connectivity index is 1.80. The predicted molar refractivity (Wildman–Crippen MR) is 105 cm³/mol. The summed E-state index contributed by atoms with van der Waals surface area (Å²) in [6.45, 7) is 2.05. The molecular weight excluding hydrogens is 328 g/mol. The van der Waals surface area contributed by atoms with E-state index in [1.54, 1.807) is 4.68 Å². The van der Waals surface area contributed by atoms with E-state index in [1.807, 2.05) is 42.6 Å². The third-order valence-electron chi connectivity index (χ3n) is 4.06. The molecule has 0 atom stereocenters. The quantitative estimate of drug-likeness (QED) is 0.422. The molecule has 1 N–H and O–H groups in total. The van der Waals surface area contributed by atoms with E-state index in [2.05, 4.69) is 52.6 Å². The van der Waals surface area contributed by atoms with Gasteiger partial charge in [-0.25, -0.2) is 5.10 Å². The van der Waals surface area contributed by atoms with Crippen LogP contribution in [0.25, 0.3) is 22.2 Å². The number of aromatic nitrogens is 3. The second-order valence-corrected chi connectivity index (χ2v) is 6.23. The van der Waals surface area contributed by atoms with Crippen molar-refractivity contribution in [1.82, 2.24) is 14.9 Å². The van der Waals surface area contributed by atoms with Gasteiger partial charge in [-0.1, -0.05) is 66.2 Å². The molecule has 4 aromatic rings. The zero-order chi connectivity index (χ0) is 17.2. The predicted octanol–water partition coefficient (Wildman–Crippen LogP) is 4.95. The third kappa shape index (κ3) is 3.02. The number of nitrogens with one attached hydrogen (secondary N) is 1. The van der Waals surface area contributed by atoms with E-state index in [-0.39, 0.29) is 0 Å². The maximum Gasteiger partial charge on any atom is 0.216 e. The molecule has 0 unspecified atom stereocenters. The molecule has 122 valence electrons. The number of hydrogen-bond acceptors (Lipinski definition) is 3. The Labute approximate surface area is 150 Å². The number of H-pyrrole nitrogens is 1. The molecular formula is C20H16N4S. The Morgan fingerprint density at radius 2 is 1.84 bits per heavy atom. The van der Waals surface area contributed by atoms with Crippen LogP contribution in [0.3, 0.4) is 0 Å². The van der Waals surface area contributed by atoms with Crippen LogP contribution in [0.5, 0.6) is 0 Å². The van der Waals surface area contributed by atoms with Gasteiger partial charge in [0.25, 0.3) is 0 Å². The molecule has 0 aliphatic heterocycles. The van der Waals surface area contributed by atoms with Crippen molar-refractivity contribution in [2.24, 2.45) is 5.10 Å². The van der Waals surface area contributed by atoms with E-state index in [0.29, 0.717) is 10.6 Å². The van der Waals surface area contributed by atoms with Crippen LogP contribution in [0, 0.1) is 11.7 Å². The summed E-state index contributed by atoms with van der Waals surface area (Å²) in [5, 5.41) is 14.1. The van der Waals surface area contributed by atoms with E-state index in [9.17, 15) is 0 Å². The largest absolute Gasteiger partial charge is 0.250 e. The fourth-order valence-corrected chi connectivity index (χ4v) is 3.03. The third-order valence-corrected chi connectivity index (χ3v) is 4.33. The minimum atomic E-state index is 0.466. The molecule has 0 bridgehead atoms. The van der Waals surface area contributed by atoms with Crippen LogP contribution in [0.1, 0.15) is 11.1 Å². The van der Waals surface area contributed by atoms with Crippen LogP contribution in [0.4, 0.5) is 0 Å². The summed E-state index contributed by atoms with van der Waals surface area (Å²) in [5.74, 6) is 0.699. The lowest BCUT2D eigenvalue weighted by molar-refractivity contribution is 0.871. The van der Waals surface area contributed by atoms with Crippen LogP contribution in [-0.2, 0) is 0 Å². The maximum atomic E-state index is 5.35. The van der Waals surface area contributed by atoms with Crippen molar-refractivity contribution in [3.63, 3.8) is 0 Å². The molecule has 0 fully saturated rings. The van der Waals surface area contributed by atoms with Crippen molar-refractivity contribution >= 4 is 29.2 Å². The minimum absolute atomic E-state index is 0.466. The molecule has 0 radical (unpaired) electrons. The summed E-state index contributed by atoms with van der Waals surface area (Å²) in [6.07, 6.45) is 1.83. The number of rotatable bonds is 3. The van der Waals surface area contributed by atoms with E-state index in [4.69, 9.17) is 12.2 Å². The molecule has 4 rings (SSSR count). The van der Waals surface area contributed by atoms with Gasteiger partial charge in [-0.15, -0.1) is 0 Å². The average Bonchev–Trinajstić information content (AvgIpc) is 3.00. The average molecular weight is 344 g/mol. The van der Waals surface area contributed by atoms with Crippen LogP contribution >= 0.6 is 12.2 Å². The maximum absolute atomic E-state index is 5.35. The normalized spacial score (nSPS) is 11.4. The molecule has 5 heteroatoms. The molecule has 25 heavy (non-hydrogen) atoms. The minimum Gasteiger partial charge on any atom is -0.250 e. The monoisotopic (exact) mass is 344 g/mol. The Bertz CT molecular complexity index is 1130. The molecule has 1 heterocycles. The Kier molecular flexibility index (Phi) is 3.99. The zero-order valence-corrected chi connectivity index (χ0v) is 14.5. The van der Waals surface area contributed by atoms with Crippen molar-refractivity contribution in [3.05, 3.63) is 82.6 Å². The number of fused-ring (bicyclic) bond motifs is 1. The van der Waals surface area contributed by atoms with Crippen molar-refractivity contribution in [2.45, 2.75) is 6.92 Å². The number of nitrogens with zero attached hydrogens (tertiary/aromatic N) is 3.